The van der Waals surface area contributed by atoms with E-state index in [-0.39, 0.29) is 27.7 Å². The van der Waals surface area contributed by atoms with Crippen LogP contribution in [0.3, 0.4) is 0 Å². The zero-order chi connectivity index (χ0) is 15.8. The first-order valence-electron chi connectivity index (χ1n) is 6.38. The zero-order valence-electron chi connectivity index (χ0n) is 11.4. The lowest BCUT2D eigenvalue weighted by Crippen LogP contribution is -2.54. The van der Waals surface area contributed by atoms with E-state index in [0.29, 0.717) is 0 Å². The molecule has 21 heavy (non-hydrogen) atoms. The number of nitro groups is 1. The minimum atomic E-state index is -3.88. The Labute approximate surface area is 127 Å². The van der Waals surface area contributed by atoms with Gasteiger partial charge in [-0.2, -0.15) is 0 Å². The summed E-state index contributed by atoms with van der Waals surface area (Å²) in [5, 5.41) is 11.0. The van der Waals surface area contributed by atoms with Crippen molar-refractivity contribution in [2.24, 2.45) is 5.73 Å². The second-order valence-electron chi connectivity index (χ2n) is 5.35. The minimum absolute atomic E-state index is 0.0377. The highest BCUT2D eigenvalue weighted by Gasteiger charge is 2.34. The van der Waals surface area contributed by atoms with E-state index in [1.54, 1.807) is 0 Å². The fourth-order valence-electron chi connectivity index (χ4n) is 2.11. The lowest BCUT2D eigenvalue weighted by molar-refractivity contribution is -0.385. The number of nitrogens with one attached hydrogen (secondary N) is 1. The molecule has 9 heteroatoms. The van der Waals surface area contributed by atoms with Crippen LogP contribution in [0.15, 0.2) is 17.0 Å². The topological polar surface area (TPSA) is 115 Å². The first-order chi connectivity index (χ1) is 9.65. The molecule has 0 bridgehead atoms. The predicted octanol–water partition coefficient (Wildman–Crippen LogP) is 1.72. The minimum Gasteiger partial charge on any atom is -0.324 e. The monoisotopic (exact) mass is 333 g/mol. The van der Waals surface area contributed by atoms with E-state index >= 15 is 0 Å². The van der Waals surface area contributed by atoms with Crippen molar-refractivity contribution in [3.63, 3.8) is 0 Å². The van der Waals surface area contributed by atoms with Gasteiger partial charge in [0.25, 0.3) is 5.69 Å². The number of hydrogen-bond donors (Lipinski definition) is 2. The molecular weight excluding hydrogens is 318 g/mol. The summed E-state index contributed by atoms with van der Waals surface area (Å²) in [6.07, 6.45) is 2.48. The maximum atomic E-state index is 12.2. The molecule has 0 aromatic heterocycles. The molecule has 2 rings (SSSR count). The van der Waals surface area contributed by atoms with Gasteiger partial charge in [-0.05, 0) is 32.3 Å². The van der Waals surface area contributed by atoms with E-state index in [9.17, 15) is 18.5 Å². The summed E-state index contributed by atoms with van der Waals surface area (Å²) in [6.45, 7) is 1.57. The molecule has 0 saturated heterocycles. The van der Waals surface area contributed by atoms with Crippen molar-refractivity contribution in [1.82, 2.24) is 4.72 Å². The van der Waals surface area contributed by atoms with Crippen LogP contribution in [0.2, 0.25) is 5.02 Å². The quantitative estimate of drug-likeness (QED) is 0.628. The van der Waals surface area contributed by atoms with Crippen molar-refractivity contribution in [2.75, 3.05) is 6.54 Å². The molecule has 1 aliphatic rings. The van der Waals surface area contributed by atoms with Crippen LogP contribution < -0.4 is 10.5 Å². The van der Waals surface area contributed by atoms with Gasteiger partial charge in [0, 0.05) is 23.7 Å². The largest absolute Gasteiger partial charge is 0.324 e. The Kier molecular flexibility index (Phi) is 4.25. The molecule has 0 unspecified atom stereocenters. The van der Waals surface area contributed by atoms with Crippen molar-refractivity contribution in [2.45, 2.75) is 36.6 Å². The Bertz CT molecular complexity index is 686. The molecule has 0 atom stereocenters. The van der Waals surface area contributed by atoms with Gasteiger partial charge in [-0.15, -0.1) is 0 Å². The van der Waals surface area contributed by atoms with Gasteiger partial charge in [0.1, 0.15) is 0 Å². The van der Waals surface area contributed by atoms with Gasteiger partial charge in [-0.25, -0.2) is 13.1 Å². The number of nitro benzene ring substituents is 1. The third-order valence-corrected chi connectivity index (χ3v) is 5.53. The number of sulfonamides is 1. The van der Waals surface area contributed by atoms with Gasteiger partial charge < -0.3 is 5.73 Å². The van der Waals surface area contributed by atoms with Gasteiger partial charge in [0.15, 0.2) is 0 Å². The highest BCUT2D eigenvalue weighted by atomic mass is 35.5. The van der Waals surface area contributed by atoms with Crippen LogP contribution in [0, 0.1) is 17.0 Å². The number of halogens is 1. The van der Waals surface area contributed by atoms with E-state index in [2.05, 4.69) is 4.72 Å². The summed E-state index contributed by atoms with van der Waals surface area (Å²) in [4.78, 5) is 10.1. The number of benzene rings is 1. The van der Waals surface area contributed by atoms with Crippen LogP contribution in [-0.2, 0) is 10.0 Å². The molecule has 1 fully saturated rings. The van der Waals surface area contributed by atoms with Crippen LogP contribution in [0.4, 0.5) is 5.69 Å². The van der Waals surface area contributed by atoms with E-state index in [1.807, 2.05) is 0 Å². The molecule has 0 radical (unpaired) electrons. The highest BCUT2D eigenvalue weighted by Crippen LogP contribution is 2.31. The standard InChI is InChI=1S/C12H16ClN3O4S/c1-8-10(13)5-9(6-11(8)16(17)18)21(19,20)15-7-12(14)3-2-4-12/h5-6,15H,2-4,7,14H2,1H3. The van der Waals surface area contributed by atoms with Crippen LogP contribution in [0.1, 0.15) is 24.8 Å². The maximum absolute atomic E-state index is 12.2. The molecule has 1 aliphatic carbocycles. The molecule has 116 valence electrons. The molecule has 1 aromatic rings. The summed E-state index contributed by atoms with van der Waals surface area (Å²) >= 11 is 5.88. The van der Waals surface area contributed by atoms with Crippen molar-refractivity contribution in [1.29, 1.82) is 0 Å². The fourth-order valence-corrected chi connectivity index (χ4v) is 3.58. The van der Waals surface area contributed by atoms with Crippen LogP contribution in [-0.4, -0.2) is 25.4 Å². The third kappa shape index (κ3) is 3.34. The summed E-state index contributed by atoms with van der Waals surface area (Å²) < 4.78 is 26.8. The number of rotatable bonds is 5. The Morgan fingerprint density at radius 2 is 2.10 bits per heavy atom. The van der Waals surface area contributed by atoms with Crippen molar-refractivity contribution in [3.8, 4) is 0 Å². The molecule has 3 N–H and O–H groups in total. The molecular formula is C12H16ClN3O4S. The normalized spacial score (nSPS) is 17.3. The smallest absolute Gasteiger partial charge is 0.275 e. The summed E-state index contributed by atoms with van der Waals surface area (Å²) in [6, 6.07) is 2.21. The fraction of sp³-hybridized carbons (Fsp3) is 0.500. The SMILES string of the molecule is Cc1c(Cl)cc(S(=O)(=O)NCC2(N)CCC2)cc1[N+](=O)[O-]. The predicted molar refractivity (Wildman–Crippen MR) is 78.8 cm³/mol. The average Bonchev–Trinajstić information content (AvgIpc) is 2.36. The van der Waals surface area contributed by atoms with Crippen molar-refractivity contribution >= 4 is 27.3 Å². The summed E-state index contributed by atoms with van der Waals surface area (Å²) in [5.41, 5.74) is 5.35. The Hall–Kier alpha value is -1.22. The molecule has 7 nitrogen and oxygen atoms in total. The van der Waals surface area contributed by atoms with Crippen molar-refractivity contribution < 1.29 is 13.3 Å². The van der Waals surface area contributed by atoms with E-state index in [0.717, 1.165) is 25.3 Å². The highest BCUT2D eigenvalue weighted by molar-refractivity contribution is 7.89. The first-order valence-corrected chi connectivity index (χ1v) is 8.24. The van der Waals surface area contributed by atoms with Gasteiger partial charge in [-0.1, -0.05) is 11.6 Å². The average molecular weight is 334 g/mol. The molecule has 0 heterocycles. The van der Waals surface area contributed by atoms with Gasteiger partial charge >= 0.3 is 0 Å². The number of hydrogen-bond acceptors (Lipinski definition) is 5. The molecule has 1 saturated carbocycles. The zero-order valence-corrected chi connectivity index (χ0v) is 13.0. The Morgan fingerprint density at radius 3 is 2.57 bits per heavy atom. The molecule has 0 aliphatic heterocycles. The number of nitrogens with two attached hydrogens (primary N) is 1. The third-order valence-electron chi connectivity index (χ3n) is 3.76. The Balaban J connectivity index is 2.29. The molecule has 0 spiro atoms. The second kappa shape index (κ2) is 5.53. The lowest BCUT2D eigenvalue weighted by Gasteiger charge is -2.37. The van der Waals surface area contributed by atoms with Gasteiger partial charge in [0.2, 0.25) is 10.0 Å². The van der Waals surface area contributed by atoms with Crippen LogP contribution in [0.25, 0.3) is 0 Å². The van der Waals surface area contributed by atoms with Gasteiger partial charge in [0.05, 0.1) is 14.8 Å². The Morgan fingerprint density at radius 1 is 1.48 bits per heavy atom. The summed E-state index contributed by atoms with van der Waals surface area (Å²) in [7, 11) is -3.88. The van der Waals surface area contributed by atoms with Crippen LogP contribution in [0.5, 0.6) is 0 Å². The lowest BCUT2D eigenvalue weighted by atomic mass is 9.78. The van der Waals surface area contributed by atoms with E-state index in [4.69, 9.17) is 17.3 Å². The molecule has 0 amide bonds. The number of nitrogens with zero attached hydrogens (tertiary/aromatic N) is 1. The summed E-state index contributed by atoms with van der Waals surface area (Å²) in [5.74, 6) is 0. The second-order valence-corrected chi connectivity index (χ2v) is 7.52. The van der Waals surface area contributed by atoms with E-state index < -0.39 is 20.5 Å². The van der Waals surface area contributed by atoms with Crippen LogP contribution >= 0.6 is 11.6 Å². The molecule has 1 aromatic carbocycles. The van der Waals surface area contributed by atoms with Gasteiger partial charge in [-0.3, -0.25) is 10.1 Å². The maximum Gasteiger partial charge on any atom is 0.275 e. The first kappa shape index (κ1) is 16.2. The van der Waals surface area contributed by atoms with E-state index in [1.165, 1.54) is 13.0 Å². The van der Waals surface area contributed by atoms with Crippen molar-refractivity contribution in [3.05, 3.63) is 32.8 Å².